The largest absolute Gasteiger partial charge is 0.339 e. The summed E-state index contributed by atoms with van der Waals surface area (Å²) in [5.74, 6) is 1.48. The van der Waals surface area contributed by atoms with Gasteiger partial charge in [-0.15, -0.1) is 11.8 Å². The number of nitrogens with zero attached hydrogens (tertiary/aromatic N) is 2. The van der Waals surface area contributed by atoms with E-state index in [-0.39, 0.29) is 11.7 Å². The molecule has 0 N–H and O–H groups in total. The molecule has 1 unspecified atom stereocenters. The van der Waals surface area contributed by atoms with Crippen LogP contribution in [0.5, 0.6) is 0 Å². The Morgan fingerprint density at radius 2 is 2.05 bits per heavy atom. The molecule has 5 heteroatoms. The van der Waals surface area contributed by atoms with Crippen LogP contribution >= 0.6 is 11.8 Å². The number of thioether (sulfide) groups is 1. The van der Waals surface area contributed by atoms with E-state index in [0.717, 1.165) is 0 Å². The van der Waals surface area contributed by atoms with Gasteiger partial charge in [-0.05, 0) is 26.0 Å². The van der Waals surface area contributed by atoms with Gasteiger partial charge in [0.05, 0.1) is 11.7 Å². The van der Waals surface area contributed by atoms with E-state index in [1.807, 2.05) is 6.92 Å². The molecule has 1 atom stereocenters. The standard InChI is InChI=1S/C15H18N2O2S/c1-4-13(18)11(3)15-16-14(17-19-15)9-20-12-7-5-10(2)6-8-12/h5-8,11H,4,9H2,1-3H3. The van der Waals surface area contributed by atoms with Crippen LogP contribution in [0.1, 0.15) is 43.5 Å². The Morgan fingerprint density at radius 3 is 2.70 bits per heavy atom. The minimum atomic E-state index is -0.314. The molecular formula is C15H18N2O2S. The zero-order valence-electron chi connectivity index (χ0n) is 11.9. The highest BCUT2D eigenvalue weighted by molar-refractivity contribution is 7.98. The van der Waals surface area contributed by atoms with Gasteiger partial charge in [0.1, 0.15) is 5.78 Å². The molecule has 1 aromatic carbocycles. The SMILES string of the molecule is CCC(=O)C(C)c1nc(CSc2ccc(C)cc2)no1. The molecule has 0 saturated heterocycles. The van der Waals surface area contributed by atoms with E-state index < -0.39 is 0 Å². The van der Waals surface area contributed by atoms with Gasteiger partial charge in [-0.25, -0.2) is 0 Å². The fourth-order valence-corrected chi connectivity index (χ4v) is 2.47. The maximum absolute atomic E-state index is 11.6. The summed E-state index contributed by atoms with van der Waals surface area (Å²) in [4.78, 5) is 17.1. The van der Waals surface area contributed by atoms with Crippen LogP contribution in [-0.4, -0.2) is 15.9 Å². The van der Waals surface area contributed by atoms with Crippen LogP contribution in [0.15, 0.2) is 33.7 Å². The van der Waals surface area contributed by atoms with E-state index in [2.05, 4.69) is 41.3 Å². The normalized spacial score (nSPS) is 12.3. The topological polar surface area (TPSA) is 56.0 Å². The third kappa shape index (κ3) is 3.70. The molecule has 0 saturated carbocycles. The van der Waals surface area contributed by atoms with Crippen molar-refractivity contribution in [2.24, 2.45) is 0 Å². The fourth-order valence-electron chi connectivity index (χ4n) is 1.73. The molecule has 0 aliphatic carbocycles. The summed E-state index contributed by atoms with van der Waals surface area (Å²) in [5, 5.41) is 3.93. The molecular weight excluding hydrogens is 272 g/mol. The van der Waals surface area contributed by atoms with Crippen LogP contribution in [0.4, 0.5) is 0 Å². The monoisotopic (exact) mass is 290 g/mol. The first kappa shape index (κ1) is 14.8. The summed E-state index contributed by atoms with van der Waals surface area (Å²) in [6, 6.07) is 8.30. The number of hydrogen-bond acceptors (Lipinski definition) is 5. The smallest absolute Gasteiger partial charge is 0.236 e. The van der Waals surface area contributed by atoms with Crippen molar-refractivity contribution in [1.29, 1.82) is 0 Å². The van der Waals surface area contributed by atoms with Crippen LogP contribution in [0.2, 0.25) is 0 Å². The lowest BCUT2D eigenvalue weighted by Gasteiger charge is -2.01. The lowest BCUT2D eigenvalue weighted by atomic mass is 10.1. The number of ketones is 1. The van der Waals surface area contributed by atoms with E-state index in [0.29, 0.717) is 23.9 Å². The molecule has 2 aromatic rings. The average molecular weight is 290 g/mol. The predicted octanol–water partition coefficient (Wildman–Crippen LogP) is 3.75. The molecule has 2 rings (SSSR count). The van der Waals surface area contributed by atoms with Gasteiger partial charge < -0.3 is 4.52 Å². The highest BCUT2D eigenvalue weighted by Crippen LogP contribution is 2.23. The van der Waals surface area contributed by atoms with Crippen molar-refractivity contribution in [2.45, 2.75) is 43.8 Å². The van der Waals surface area contributed by atoms with Gasteiger partial charge in [0.25, 0.3) is 0 Å². The fraction of sp³-hybridized carbons (Fsp3) is 0.400. The Hall–Kier alpha value is -1.62. The van der Waals surface area contributed by atoms with E-state index in [9.17, 15) is 4.79 Å². The van der Waals surface area contributed by atoms with Crippen LogP contribution in [-0.2, 0) is 10.5 Å². The number of aryl methyl sites for hydroxylation is 1. The number of carbonyl (C=O) groups is 1. The predicted molar refractivity (Wildman–Crippen MR) is 78.8 cm³/mol. The second-order valence-electron chi connectivity index (χ2n) is 4.69. The minimum absolute atomic E-state index is 0.117. The highest BCUT2D eigenvalue weighted by atomic mass is 32.2. The molecule has 0 amide bonds. The number of rotatable bonds is 6. The molecule has 0 aliphatic rings. The van der Waals surface area contributed by atoms with Gasteiger partial charge in [-0.1, -0.05) is 29.8 Å². The zero-order chi connectivity index (χ0) is 14.5. The van der Waals surface area contributed by atoms with Gasteiger partial charge in [-0.3, -0.25) is 4.79 Å². The molecule has 0 fully saturated rings. The second kappa shape index (κ2) is 6.70. The molecule has 1 heterocycles. The quantitative estimate of drug-likeness (QED) is 0.758. The average Bonchev–Trinajstić information content (AvgIpc) is 2.94. The van der Waals surface area contributed by atoms with Crippen LogP contribution in [0, 0.1) is 6.92 Å². The van der Waals surface area contributed by atoms with Gasteiger partial charge >= 0.3 is 0 Å². The van der Waals surface area contributed by atoms with Gasteiger partial charge in [0.15, 0.2) is 5.82 Å². The molecule has 20 heavy (non-hydrogen) atoms. The van der Waals surface area contributed by atoms with E-state index >= 15 is 0 Å². The van der Waals surface area contributed by atoms with Gasteiger partial charge in [-0.2, -0.15) is 4.98 Å². The van der Waals surface area contributed by atoms with Crippen molar-refractivity contribution in [1.82, 2.24) is 10.1 Å². The third-order valence-electron chi connectivity index (χ3n) is 3.07. The van der Waals surface area contributed by atoms with Crippen LogP contribution < -0.4 is 0 Å². The summed E-state index contributed by atoms with van der Waals surface area (Å²) < 4.78 is 5.16. The molecule has 4 nitrogen and oxygen atoms in total. The number of benzene rings is 1. The summed E-state index contributed by atoms with van der Waals surface area (Å²) in [7, 11) is 0. The molecule has 0 spiro atoms. The first-order chi connectivity index (χ1) is 9.60. The Balaban J connectivity index is 1.96. The Bertz CT molecular complexity index is 578. The van der Waals surface area contributed by atoms with E-state index in [4.69, 9.17) is 4.52 Å². The summed E-state index contributed by atoms with van der Waals surface area (Å²) >= 11 is 1.65. The first-order valence-electron chi connectivity index (χ1n) is 6.64. The molecule has 0 bridgehead atoms. The second-order valence-corrected chi connectivity index (χ2v) is 5.74. The van der Waals surface area contributed by atoms with Gasteiger partial charge in [0, 0.05) is 11.3 Å². The molecule has 0 aliphatic heterocycles. The Morgan fingerprint density at radius 1 is 1.35 bits per heavy atom. The molecule has 0 radical (unpaired) electrons. The van der Waals surface area contributed by atoms with Crippen molar-refractivity contribution in [2.75, 3.05) is 0 Å². The van der Waals surface area contributed by atoms with Crippen LogP contribution in [0.3, 0.4) is 0 Å². The van der Waals surface area contributed by atoms with Crippen LogP contribution in [0.25, 0.3) is 0 Å². The molecule has 106 valence electrons. The number of hydrogen-bond donors (Lipinski definition) is 0. The number of carbonyl (C=O) groups excluding carboxylic acids is 1. The Labute approximate surface area is 123 Å². The summed E-state index contributed by atoms with van der Waals surface area (Å²) in [6.45, 7) is 5.70. The highest BCUT2D eigenvalue weighted by Gasteiger charge is 2.20. The van der Waals surface area contributed by atoms with Crippen molar-refractivity contribution < 1.29 is 9.32 Å². The summed E-state index contributed by atoms with van der Waals surface area (Å²) in [5.41, 5.74) is 1.24. The van der Waals surface area contributed by atoms with Gasteiger partial charge in [0.2, 0.25) is 5.89 Å². The van der Waals surface area contributed by atoms with E-state index in [1.165, 1.54) is 10.5 Å². The number of Topliss-reactive ketones (excluding diaryl/α,β-unsaturated/α-hetero) is 1. The van der Waals surface area contributed by atoms with Crippen molar-refractivity contribution in [3.63, 3.8) is 0 Å². The van der Waals surface area contributed by atoms with Crippen molar-refractivity contribution >= 4 is 17.5 Å². The maximum Gasteiger partial charge on any atom is 0.236 e. The first-order valence-corrected chi connectivity index (χ1v) is 7.63. The third-order valence-corrected chi connectivity index (χ3v) is 4.08. The lowest BCUT2D eigenvalue weighted by molar-refractivity contribution is -0.120. The zero-order valence-corrected chi connectivity index (χ0v) is 12.7. The Kier molecular flexibility index (Phi) is 4.95. The minimum Gasteiger partial charge on any atom is -0.339 e. The van der Waals surface area contributed by atoms with Crippen molar-refractivity contribution in [3.8, 4) is 0 Å². The maximum atomic E-state index is 11.6. The van der Waals surface area contributed by atoms with E-state index in [1.54, 1.807) is 18.7 Å². The summed E-state index contributed by atoms with van der Waals surface area (Å²) in [6.07, 6.45) is 0.483. The lowest BCUT2D eigenvalue weighted by Crippen LogP contribution is -2.07. The molecule has 1 aromatic heterocycles. The number of aromatic nitrogens is 2. The van der Waals surface area contributed by atoms with Crippen molar-refractivity contribution in [3.05, 3.63) is 41.5 Å².